The van der Waals surface area contributed by atoms with Gasteiger partial charge < -0.3 is 4.74 Å². The number of benzene rings is 1. The van der Waals surface area contributed by atoms with Crippen molar-refractivity contribution in [1.82, 2.24) is 0 Å². The second-order valence-electron chi connectivity index (χ2n) is 7.89. The lowest BCUT2D eigenvalue weighted by atomic mass is 9.94. The summed E-state index contributed by atoms with van der Waals surface area (Å²) in [7, 11) is -3.38. The van der Waals surface area contributed by atoms with Crippen molar-refractivity contribution in [3.05, 3.63) is 52.8 Å². The smallest absolute Gasteiger partial charge is 0.185 e. The predicted octanol–water partition coefficient (Wildman–Crippen LogP) is 5.89. The van der Waals surface area contributed by atoms with Crippen molar-refractivity contribution >= 4 is 9.84 Å². The Kier molecular flexibility index (Phi) is 7.17. The van der Waals surface area contributed by atoms with Crippen LogP contribution in [0.3, 0.4) is 0 Å². The largest absolute Gasteiger partial charge is 0.493 e. The maximum absolute atomic E-state index is 12.9. The van der Waals surface area contributed by atoms with Gasteiger partial charge in [0.2, 0.25) is 0 Å². The summed E-state index contributed by atoms with van der Waals surface area (Å²) in [5.74, 6) is 0.678. The monoisotopic (exact) mass is 388 g/mol. The van der Waals surface area contributed by atoms with E-state index in [2.05, 4.69) is 6.08 Å². The van der Waals surface area contributed by atoms with Crippen molar-refractivity contribution in [3.8, 4) is 0 Å². The summed E-state index contributed by atoms with van der Waals surface area (Å²) in [5.41, 5.74) is 3.74. The summed E-state index contributed by atoms with van der Waals surface area (Å²) in [5, 5.41) is 0. The second-order valence-corrected chi connectivity index (χ2v) is 9.88. The molecule has 2 aliphatic rings. The lowest BCUT2D eigenvalue weighted by Gasteiger charge is -2.20. The van der Waals surface area contributed by atoms with E-state index < -0.39 is 9.84 Å². The van der Waals surface area contributed by atoms with Crippen LogP contribution in [-0.2, 0) is 14.6 Å². The maximum atomic E-state index is 12.9. The van der Waals surface area contributed by atoms with E-state index in [-0.39, 0.29) is 5.75 Å². The molecule has 1 aromatic rings. The van der Waals surface area contributed by atoms with E-state index in [1.54, 1.807) is 12.1 Å². The molecule has 0 aliphatic heterocycles. The zero-order chi connectivity index (χ0) is 19.1. The Morgan fingerprint density at radius 1 is 0.926 bits per heavy atom. The summed E-state index contributed by atoms with van der Waals surface area (Å²) in [4.78, 5) is 0.385. The molecule has 0 spiro atoms. The summed E-state index contributed by atoms with van der Waals surface area (Å²) in [6, 6.07) is 7.12. The van der Waals surface area contributed by atoms with E-state index >= 15 is 0 Å². The fourth-order valence-electron chi connectivity index (χ4n) is 3.97. The second kappa shape index (κ2) is 9.59. The fraction of sp³-hybridized carbons (Fsp3) is 0.565. The van der Waals surface area contributed by atoms with Crippen LogP contribution in [0.4, 0.5) is 0 Å². The zero-order valence-electron chi connectivity index (χ0n) is 16.5. The topological polar surface area (TPSA) is 43.4 Å². The van der Waals surface area contributed by atoms with Crippen molar-refractivity contribution in [2.24, 2.45) is 0 Å². The molecule has 2 fully saturated rings. The molecule has 27 heavy (non-hydrogen) atoms. The first kappa shape index (κ1) is 20.2. The summed E-state index contributed by atoms with van der Waals surface area (Å²) in [6.07, 6.45) is 13.8. The molecule has 0 bridgehead atoms. The third-order valence-corrected chi connectivity index (χ3v) is 7.31. The lowest BCUT2D eigenvalue weighted by molar-refractivity contribution is 0.241. The summed E-state index contributed by atoms with van der Waals surface area (Å²) < 4.78 is 32.0. The van der Waals surface area contributed by atoms with Crippen molar-refractivity contribution in [2.45, 2.75) is 76.0 Å². The van der Waals surface area contributed by atoms with Crippen molar-refractivity contribution in [3.63, 3.8) is 0 Å². The SMILES string of the molecule is Cc1ccc(S(=O)(=O)CC(OCC=C2CCCCC2)=C2CCCCC2)cc1. The van der Waals surface area contributed by atoms with Gasteiger partial charge in [0.05, 0.1) is 4.90 Å². The summed E-state index contributed by atoms with van der Waals surface area (Å²) >= 11 is 0. The molecule has 4 heteroatoms. The normalized spacial score (nSPS) is 18.3. The van der Waals surface area contributed by atoms with Crippen LogP contribution in [-0.4, -0.2) is 20.8 Å². The van der Waals surface area contributed by atoms with Crippen molar-refractivity contribution in [2.75, 3.05) is 12.4 Å². The van der Waals surface area contributed by atoms with Crippen LogP contribution < -0.4 is 0 Å². The van der Waals surface area contributed by atoms with Gasteiger partial charge in [0.15, 0.2) is 9.84 Å². The minimum absolute atomic E-state index is 0.0193. The first-order chi connectivity index (χ1) is 13.0. The molecule has 0 N–H and O–H groups in total. The minimum atomic E-state index is -3.38. The number of rotatable bonds is 6. The van der Waals surface area contributed by atoms with Crippen LogP contribution in [0.5, 0.6) is 0 Å². The molecule has 1 aromatic carbocycles. The van der Waals surface area contributed by atoms with Gasteiger partial charge in [-0.1, -0.05) is 36.1 Å². The van der Waals surface area contributed by atoms with E-state index in [0.29, 0.717) is 17.3 Å². The number of aryl methyl sites for hydroxylation is 1. The van der Waals surface area contributed by atoms with E-state index in [9.17, 15) is 8.42 Å². The average Bonchev–Trinajstić information content (AvgIpc) is 2.69. The maximum Gasteiger partial charge on any atom is 0.185 e. The Balaban J connectivity index is 1.74. The highest BCUT2D eigenvalue weighted by molar-refractivity contribution is 7.91. The van der Waals surface area contributed by atoms with Crippen LogP contribution in [0.25, 0.3) is 0 Å². The number of hydrogen-bond acceptors (Lipinski definition) is 3. The fourth-order valence-corrected chi connectivity index (χ4v) is 5.32. The van der Waals surface area contributed by atoms with Gasteiger partial charge >= 0.3 is 0 Å². The van der Waals surface area contributed by atoms with Crippen LogP contribution in [0.2, 0.25) is 0 Å². The van der Waals surface area contributed by atoms with Gasteiger partial charge in [0, 0.05) is 0 Å². The van der Waals surface area contributed by atoms with Crippen molar-refractivity contribution in [1.29, 1.82) is 0 Å². The third kappa shape index (κ3) is 5.97. The van der Waals surface area contributed by atoms with E-state index in [4.69, 9.17) is 4.74 Å². The molecule has 3 nitrogen and oxygen atoms in total. The van der Waals surface area contributed by atoms with E-state index in [1.165, 1.54) is 36.8 Å². The van der Waals surface area contributed by atoms with Gasteiger partial charge in [0.25, 0.3) is 0 Å². The highest BCUT2D eigenvalue weighted by Gasteiger charge is 2.22. The molecule has 0 amide bonds. The molecule has 2 aliphatic carbocycles. The number of ether oxygens (including phenoxy) is 1. The van der Waals surface area contributed by atoms with Crippen LogP contribution in [0, 0.1) is 6.92 Å². The average molecular weight is 389 g/mol. The summed E-state index contributed by atoms with van der Waals surface area (Å²) in [6.45, 7) is 2.46. The van der Waals surface area contributed by atoms with Gasteiger partial charge in [-0.2, -0.15) is 0 Å². The van der Waals surface area contributed by atoms with E-state index in [1.807, 2.05) is 19.1 Å². The molecular weight excluding hydrogens is 356 g/mol. The van der Waals surface area contributed by atoms with Gasteiger partial charge in [-0.3, -0.25) is 0 Å². The quantitative estimate of drug-likeness (QED) is 0.450. The Morgan fingerprint density at radius 3 is 2.15 bits per heavy atom. The zero-order valence-corrected chi connectivity index (χ0v) is 17.3. The first-order valence-corrected chi connectivity index (χ1v) is 12.0. The predicted molar refractivity (Wildman–Crippen MR) is 110 cm³/mol. The Morgan fingerprint density at radius 2 is 1.52 bits per heavy atom. The standard InChI is InChI=1S/C23H32O3S/c1-19-12-14-22(15-13-19)27(24,25)18-23(21-10-6-3-7-11-21)26-17-16-20-8-4-2-5-9-20/h12-16H,2-11,17-18H2,1H3. The Hall–Kier alpha value is -1.55. The molecule has 0 heterocycles. The molecule has 3 rings (SSSR count). The minimum Gasteiger partial charge on any atom is -0.493 e. The molecule has 148 valence electrons. The molecule has 0 saturated heterocycles. The highest BCUT2D eigenvalue weighted by Crippen LogP contribution is 2.29. The molecular formula is C23H32O3S. The Bertz CT molecular complexity index is 769. The van der Waals surface area contributed by atoms with Gasteiger partial charge in [-0.05, 0) is 82.1 Å². The van der Waals surface area contributed by atoms with Crippen LogP contribution in [0.15, 0.2) is 52.1 Å². The number of sulfone groups is 1. The third-order valence-electron chi connectivity index (χ3n) is 5.68. The molecule has 0 radical (unpaired) electrons. The van der Waals surface area contributed by atoms with Crippen LogP contribution in [0.1, 0.15) is 69.8 Å². The van der Waals surface area contributed by atoms with Crippen LogP contribution >= 0.6 is 0 Å². The van der Waals surface area contributed by atoms with Gasteiger partial charge in [-0.25, -0.2) is 8.42 Å². The molecule has 2 saturated carbocycles. The van der Waals surface area contributed by atoms with Crippen molar-refractivity contribution < 1.29 is 13.2 Å². The number of allylic oxidation sites excluding steroid dienone is 2. The molecule has 0 atom stereocenters. The van der Waals surface area contributed by atoms with Gasteiger partial charge in [0.1, 0.15) is 18.1 Å². The van der Waals surface area contributed by atoms with Gasteiger partial charge in [-0.15, -0.1) is 0 Å². The molecule has 0 unspecified atom stereocenters. The molecule has 0 aromatic heterocycles. The lowest BCUT2D eigenvalue weighted by Crippen LogP contribution is -2.15. The highest BCUT2D eigenvalue weighted by atomic mass is 32.2. The van der Waals surface area contributed by atoms with E-state index in [0.717, 1.165) is 44.1 Å². The first-order valence-electron chi connectivity index (χ1n) is 10.4. The number of hydrogen-bond donors (Lipinski definition) is 0. The Labute approximate surface area is 164 Å².